The predicted octanol–water partition coefficient (Wildman–Crippen LogP) is 2.34. The van der Waals surface area contributed by atoms with Gasteiger partial charge in [0.15, 0.2) is 0 Å². The Hall–Kier alpha value is -0.610. The first kappa shape index (κ1) is 16.4. The Morgan fingerprint density at radius 2 is 2.21 bits per heavy atom. The topological polar surface area (TPSA) is 52.6 Å². The van der Waals surface area contributed by atoms with E-state index in [-0.39, 0.29) is 0 Å². The van der Waals surface area contributed by atoms with Crippen LogP contribution in [0.2, 0.25) is 0 Å². The molecule has 112 valence electrons. The molecule has 4 heteroatoms. The smallest absolute Gasteiger partial charge is 0.323 e. The molecule has 1 rings (SSSR count). The van der Waals surface area contributed by atoms with E-state index < -0.39 is 11.5 Å². The van der Waals surface area contributed by atoms with Crippen LogP contribution in [0.15, 0.2) is 0 Å². The van der Waals surface area contributed by atoms with Gasteiger partial charge in [-0.3, -0.25) is 4.79 Å². The summed E-state index contributed by atoms with van der Waals surface area (Å²) in [6, 6.07) is 0.690. The van der Waals surface area contributed by atoms with Crippen LogP contribution in [0, 0.1) is 5.92 Å². The van der Waals surface area contributed by atoms with Crippen molar-refractivity contribution in [2.45, 2.75) is 65.0 Å². The summed E-state index contributed by atoms with van der Waals surface area (Å²) in [7, 11) is 0. The van der Waals surface area contributed by atoms with Gasteiger partial charge in [0, 0.05) is 6.04 Å². The fourth-order valence-electron chi connectivity index (χ4n) is 3.18. The van der Waals surface area contributed by atoms with E-state index in [0.717, 1.165) is 13.0 Å². The molecule has 0 amide bonds. The van der Waals surface area contributed by atoms with Gasteiger partial charge < -0.3 is 15.3 Å². The number of aliphatic carboxylic acids is 1. The van der Waals surface area contributed by atoms with Crippen LogP contribution in [0.25, 0.3) is 0 Å². The quantitative estimate of drug-likeness (QED) is 0.711. The number of nitrogens with one attached hydrogen (secondary N) is 1. The second kappa shape index (κ2) is 7.25. The number of carboxylic acid groups (broad SMARTS) is 1. The SMILES string of the molecule is CCNC(C)(CCCN1CCCC1C(C)C)C(=O)O. The van der Waals surface area contributed by atoms with Crippen LogP contribution in [-0.2, 0) is 4.79 Å². The number of hydrogen-bond acceptors (Lipinski definition) is 3. The molecule has 0 bridgehead atoms. The van der Waals surface area contributed by atoms with Crippen LogP contribution in [0.4, 0.5) is 0 Å². The van der Waals surface area contributed by atoms with E-state index in [2.05, 4.69) is 24.1 Å². The molecule has 2 atom stereocenters. The highest BCUT2D eigenvalue weighted by Gasteiger charge is 2.32. The minimum Gasteiger partial charge on any atom is -0.480 e. The molecule has 0 aromatic heterocycles. The number of hydrogen-bond donors (Lipinski definition) is 2. The molecule has 1 saturated heterocycles. The number of likely N-dealkylation sites (tertiary alicyclic amines) is 1. The van der Waals surface area contributed by atoms with E-state index in [9.17, 15) is 9.90 Å². The maximum absolute atomic E-state index is 11.3. The van der Waals surface area contributed by atoms with Crippen molar-refractivity contribution < 1.29 is 9.90 Å². The zero-order valence-corrected chi connectivity index (χ0v) is 12.9. The third-order valence-electron chi connectivity index (χ3n) is 4.34. The first-order valence-electron chi connectivity index (χ1n) is 7.63. The summed E-state index contributed by atoms with van der Waals surface area (Å²) in [5.41, 5.74) is -0.776. The van der Waals surface area contributed by atoms with Gasteiger partial charge >= 0.3 is 5.97 Å². The lowest BCUT2D eigenvalue weighted by molar-refractivity contribution is -0.144. The van der Waals surface area contributed by atoms with Gasteiger partial charge in [0.2, 0.25) is 0 Å². The molecule has 0 aromatic carbocycles. The van der Waals surface area contributed by atoms with Crippen molar-refractivity contribution in [3.8, 4) is 0 Å². The summed E-state index contributed by atoms with van der Waals surface area (Å²) in [4.78, 5) is 13.9. The van der Waals surface area contributed by atoms with E-state index >= 15 is 0 Å². The van der Waals surface area contributed by atoms with E-state index in [0.29, 0.717) is 24.9 Å². The second-order valence-electron chi connectivity index (χ2n) is 6.26. The van der Waals surface area contributed by atoms with Crippen LogP contribution in [0.5, 0.6) is 0 Å². The average Bonchev–Trinajstić information content (AvgIpc) is 2.77. The summed E-state index contributed by atoms with van der Waals surface area (Å²) >= 11 is 0. The Morgan fingerprint density at radius 3 is 2.74 bits per heavy atom. The molecule has 0 spiro atoms. The highest BCUT2D eigenvalue weighted by atomic mass is 16.4. The van der Waals surface area contributed by atoms with Crippen LogP contribution < -0.4 is 5.32 Å². The van der Waals surface area contributed by atoms with Gasteiger partial charge in [0.1, 0.15) is 5.54 Å². The van der Waals surface area contributed by atoms with Crippen LogP contribution >= 0.6 is 0 Å². The van der Waals surface area contributed by atoms with Crippen molar-refractivity contribution in [1.29, 1.82) is 0 Å². The fourth-order valence-corrected chi connectivity index (χ4v) is 3.18. The van der Waals surface area contributed by atoms with Gasteiger partial charge in [-0.25, -0.2) is 0 Å². The Kier molecular flexibility index (Phi) is 6.27. The van der Waals surface area contributed by atoms with Gasteiger partial charge in [0.05, 0.1) is 0 Å². The second-order valence-corrected chi connectivity index (χ2v) is 6.26. The summed E-state index contributed by atoms with van der Waals surface area (Å²) < 4.78 is 0. The molecule has 0 aromatic rings. The van der Waals surface area contributed by atoms with E-state index in [1.165, 1.54) is 19.4 Å². The van der Waals surface area contributed by atoms with Crippen molar-refractivity contribution in [2.75, 3.05) is 19.6 Å². The highest BCUT2D eigenvalue weighted by Crippen LogP contribution is 2.24. The Bertz CT molecular complexity index is 294. The summed E-state index contributed by atoms with van der Waals surface area (Å²) in [5, 5.41) is 12.4. The molecule has 4 nitrogen and oxygen atoms in total. The normalized spacial score (nSPS) is 23.7. The molecule has 19 heavy (non-hydrogen) atoms. The summed E-state index contributed by atoms with van der Waals surface area (Å²) in [6.45, 7) is 11.2. The van der Waals surface area contributed by atoms with Crippen molar-refractivity contribution in [2.24, 2.45) is 5.92 Å². The molecule has 2 N–H and O–H groups in total. The van der Waals surface area contributed by atoms with Crippen molar-refractivity contribution in [1.82, 2.24) is 10.2 Å². The Morgan fingerprint density at radius 1 is 1.53 bits per heavy atom. The molecule has 0 radical (unpaired) electrons. The molecule has 0 aliphatic carbocycles. The van der Waals surface area contributed by atoms with Crippen LogP contribution in [-0.4, -0.2) is 47.2 Å². The van der Waals surface area contributed by atoms with Gasteiger partial charge in [0.25, 0.3) is 0 Å². The maximum atomic E-state index is 11.3. The number of carbonyl (C=O) groups is 1. The fraction of sp³-hybridized carbons (Fsp3) is 0.933. The molecule has 1 fully saturated rings. The Labute approximate surface area is 117 Å². The standard InChI is InChI=1S/C15H30N2O2/c1-5-16-15(4,14(18)19)9-7-11-17-10-6-8-13(17)12(2)3/h12-13,16H,5-11H2,1-4H3,(H,18,19). The summed E-state index contributed by atoms with van der Waals surface area (Å²) in [6.07, 6.45) is 4.21. The van der Waals surface area contributed by atoms with Gasteiger partial charge in [-0.05, 0) is 58.2 Å². The summed E-state index contributed by atoms with van der Waals surface area (Å²) in [5.74, 6) is -0.0432. The largest absolute Gasteiger partial charge is 0.480 e. The monoisotopic (exact) mass is 270 g/mol. The molecular weight excluding hydrogens is 240 g/mol. The van der Waals surface area contributed by atoms with Gasteiger partial charge in [-0.15, -0.1) is 0 Å². The van der Waals surface area contributed by atoms with Crippen LogP contribution in [0.1, 0.15) is 53.4 Å². The predicted molar refractivity (Wildman–Crippen MR) is 78.4 cm³/mol. The van der Waals surface area contributed by atoms with E-state index in [1.807, 2.05) is 6.92 Å². The van der Waals surface area contributed by atoms with Crippen molar-refractivity contribution in [3.05, 3.63) is 0 Å². The average molecular weight is 270 g/mol. The minimum atomic E-state index is -0.776. The lowest BCUT2D eigenvalue weighted by Crippen LogP contribution is -2.49. The number of likely N-dealkylation sites (N-methyl/N-ethyl adjacent to an activating group) is 1. The molecule has 2 unspecified atom stereocenters. The molecular formula is C15H30N2O2. The number of rotatable bonds is 8. The first-order chi connectivity index (χ1) is 8.90. The zero-order valence-electron chi connectivity index (χ0n) is 12.9. The maximum Gasteiger partial charge on any atom is 0.323 e. The van der Waals surface area contributed by atoms with Gasteiger partial charge in [-0.1, -0.05) is 20.8 Å². The number of nitrogens with zero attached hydrogens (tertiary/aromatic N) is 1. The molecule has 0 saturated carbocycles. The third kappa shape index (κ3) is 4.46. The first-order valence-corrected chi connectivity index (χ1v) is 7.63. The Balaban J connectivity index is 2.42. The lowest BCUT2D eigenvalue weighted by Gasteiger charge is -2.30. The molecule has 1 heterocycles. The zero-order chi connectivity index (χ0) is 14.5. The van der Waals surface area contributed by atoms with Crippen molar-refractivity contribution >= 4 is 5.97 Å². The lowest BCUT2D eigenvalue weighted by atomic mass is 9.95. The number of carboxylic acids is 1. The van der Waals surface area contributed by atoms with E-state index in [4.69, 9.17) is 0 Å². The van der Waals surface area contributed by atoms with Gasteiger partial charge in [-0.2, -0.15) is 0 Å². The molecule has 1 aliphatic heterocycles. The highest BCUT2D eigenvalue weighted by molar-refractivity contribution is 5.78. The van der Waals surface area contributed by atoms with Crippen LogP contribution in [0.3, 0.4) is 0 Å². The molecule has 1 aliphatic rings. The third-order valence-corrected chi connectivity index (χ3v) is 4.34. The minimum absolute atomic E-state index is 0.690. The van der Waals surface area contributed by atoms with E-state index in [1.54, 1.807) is 6.92 Å². The van der Waals surface area contributed by atoms with Crippen molar-refractivity contribution in [3.63, 3.8) is 0 Å².